The number of primary amides is 1. The highest BCUT2D eigenvalue weighted by Gasteiger charge is 2.50. The van der Waals surface area contributed by atoms with Gasteiger partial charge in [0.15, 0.2) is 0 Å². The molecule has 2 atom stereocenters. The Kier molecular flexibility index (Phi) is 5.02. The molecule has 144 valence electrons. The summed E-state index contributed by atoms with van der Waals surface area (Å²) < 4.78 is 0. The number of nitrogens with zero attached hydrogens (tertiary/aromatic N) is 3. The largest absolute Gasteiger partial charge is 0.365 e. The lowest BCUT2D eigenvalue weighted by Gasteiger charge is -2.51. The average Bonchev–Trinajstić information content (AvgIpc) is 2.73. The minimum absolute atomic E-state index is 0.148. The van der Waals surface area contributed by atoms with Gasteiger partial charge in [0.05, 0.1) is 6.04 Å². The number of likely N-dealkylation sites (N-methyl/N-ethyl adjacent to an activating group) is 1. The first-order valence-corrected chi connectivity index (χ1v) is 10.0. The number of hydrogen-bond acceptors (Lipinski definition) is 5. The van der Waals surface area contributed by atoms with Crippen molar-refractivity contribution in [2.24, 2.45) is 10.7 Å². The number of benzene rings is 1. The number of likely N-dealkylation sites (tertiary alicyclic amines) is 1. The predicted octanol–water partition coefficient (Wildman–Crippen LogP) is 1.62. The van der Waals surface area contributed by atoms with Gasteiger partial charge in [-0.15, -0.1) is 0 Å². The second kappa shape index (κ2) is 7.44. The van der Waals surface area contributed by atoms with Crippen LogP contribution in [0, 0.1) is 0 Å². The SMILES string of the molecule is CCN1C(C2Cc3ccccc3CN2)=CC=NC1(C(N)=O)N1CCCCC1. The molecular weight excluding hydrogens is 338 g/mol. The zero-order valence-electron chi connectivity index (χ0n) is 16.0. The number of hydrogen-bond donors (Lipinski definition) is 2. The van der Waals surface area contributed by atoms with Crippen molar-refractivity contribution in [1.29, 1.82) is 0 Å². The van der Waals surface area contributed by atoms with Crippen molar-refractivity contribution in [1.82, 2.24) is 15.1 Å². The average molecular weight is 367 g/mol. The summed E-state index contributed by atoms with van der Waals surface area (Å²) in [7, 11) is 0. The van der Waals surface area contributed by atoms with Crippen molar-refractivity contribution in [3.8, 4) is 0 Å². The molecule has 1 aromatic rings. The molecule has 27 heavy (non-hydrogen) atoms. The van der Waals surface area contributed by atoms with Crippen molar-refractivity contribution in [2.45, 2.75) is 51.0 Å². The number of nitrogens with one attached hydrogen (secondary N) is 1. The van der Waals surface area contributed by atoms with Crippen LogP contribution >= 0.6 is 0 Å². The Morgan fingerprint density at radius 1 is 1.26 bits per heavy atom. The van der Waals surface area contributed by atoms with E-state index in [4.69, 9.17) is 5.73 Å². The molecule has 3 aliphatic heterocycles. The van der Waals surface area contributed by atoms with Gasteiger partial charge in [-0.3, -0.25) is 9.69 Å². The van der Waals surface area contributed by atoms with Crippen LogP contribution in [0.3, 0.4) is 0 Å². The lowest BCUT2D eigenvalue weighted by atomic mass is 9.92. The van der Waals surface area contributed by atoms with Crippen molar-refractivity contribution in [2.75, 3.05) is 19.6 Å². The van der Waals surface area contributed by atoms with Crippen LogP contribution < -0.4 is 11.1 Å². The summed E-state index contributed by atoms with van der Waals surface area (Å²) in [5.41, 5.74) is 9.80. The molecule has 0 aromatic heterocycles. The fourth-order valence-corrected chi connectivity index (χ4v) is 4.74. The molecule has 0 radical (unpaired) electrons. The molecule has 0 spiro atoms. The number of fused-ring (bicyclic) bond motifs is 1. The maximum absolute atomic E-state index is 12.7. The third kappa shape index (κ3) is 3.07. The molecule has 1 aromatic carbocycles. The second-order valence-electron chi connectivity index (χ2n) is 7.57. The van der Waals surface area contributed by atoms with Crippen LogP contribution in [0.4, 0.5) is 0 Å². The summed E-state index contributed by atoms with van der Waals surface area (Å²) in [4.78, 5) is 21.7. The van der Waals surface area contributed by atoms with E-state index < -0.39 is 5.79 Å². The van der Waals surface area contributed by atoms with Crippen LogP contribution in [-0.2, 0) is 17.8 Å². The van der Waals surface area contributed by atoms with E-state index in [0.717, 1.165) is 44.6 Å². The van der Waals surface area contributed by atoms with Gasteiger partial charge in [-0.1, -0.05) is 30.7 Å². The van der Waals surface area contributed by atoms with Crippen LogP contribution in [0.2, 0.25) is 0 Å². The highest BCUT2D eigenvalue weighted by molar-refractivity contribution is 5.88. The van der Waals surface area contributed by atoms with E-state index in [2.05, 4.69) is 51.3 Å². The number of nitrogens with two attached hydrogens (primary N) is 1. The third-order valence-corrected chi connectivity index (χ3v) is 6.07. The smallest absolute Gasteiger partial charge is 0.282 e. The maximum atomic E-state index is 12.7. The van der Waals surface area contributed by atoms with Gasteiger partial charge < -0.3 is 16.0 Å². The highest BCUT2D eigenvalue weighted by atomic mass is 16.2. The number of allylic oxidation sites excluding steroid dienone is 1. The molecule has 6 nitrogen and oxygen atoms in total. The topological polar surface area (TPSA) is 74.0 Å². The lowest BCUT2D eigenvalue weighted by molar-refractivity contribution is -0.144. The number of aliphatic imine (C=N–C) groups is 1. The third-order valence-electron chi connectivity index (χ3n) is 6.07. The fraction of sp³-hybridized carbons (Fsp3) is 0.524. The van der Waals surface area contributed by atoms with Gasteiger partial charge in [-0.05, 0) is 43.4 Å². The molecule has 1 saturated heterocycles. The standard InChI is InChI=1S/C21H29N5O/c1-2-26-19(18-14-16-8-4-5-9-17(16)15-23-18)10-11-24-21(26,20(22)27)25-12-6-3-7-13-25/h4-5,8-11,18,23H,2-3,6-7,12-15H2,1H3,(H2,22,27). The van der Waals surface area contributed by atoms with Crippen molar-refractivity contribution >= 4 is 12.1 Å². The summed E-state index contributed by atoms with van der Waals surface area (Å²) in [5.74, 6) is -1.48. The van der Waals surface area contributed by atoms with Gasteiger partial charge in [0, 0.05) is 38.1 Å². The van der Waals surface area contributed by atoms with Gasteiger partial charge in [0.25, 0.3) is 11.7 Å². The van der Waals surface area contributed by atoms with E-state index in [0.29, 0.717) is 6.54 Å². The molecule has 4 rings (SSSR count). The Morgan fingerprint density at radius 3 is 2.70 bits per heavy atom. The van der Waals surface area contributed by atoms with E-state index in [1.807, 2.05) is 6.08 Å². The Bertz CT molecular complexity index is 768. The monoisotopic (exact) mass is 367 g/mol. The van der Waals surface area contributed by atoms with Crippen LogP contribution in [0.1, 0.15) is 37.3 Å². The quantitative estimate of drug-likeness (QED) is 0.848. The Labute approximate surface area is 161 Å². The van der Waals surface area contributed by atoms with Crippen LogP contribution in [0.15, 0.2) is 41.0 Å². The highest BCUT2D eigenvalue weighted by Crippen LogP contribution is 2.34. The van der Waals surface area contributed by atoms with E-state index in [-0.39, 0.29) is 11.9 Å². The molecule has 1 amide bonds. The summed E-state index contributed by atoms with van der Waals surface area (Å²) >= 11 is 0. The van der Waals surface area contributed by atoms with Gasteiger partial charge in [-0.25, -0.2) is 4.99 Å². The maximum Gasteiger partial charge on any atom is 0.282 e. The molecule has 2 unspecified atom stereocenters. The van der Waals surface area contributed by atoms with E-state index in [9.17, 15) is 4.79 Å². The van der Waals surface area contributed by atoms with E-state index >= 15 is 0 Å². The zero-order valence-corrected chi connectivity index (χ0v) is 16.0. The number of carbonyl (C=O) groups is 1. The zero-order chi connectivity index (χ0) is 18.9. The molecule has 0 bridgehead atoms. The summed E-state index contributed by atoms with van der Waals surface area (Å²) in [6.45, 7) is 5.30. The minimum atomic E-state index is -1.10. The summed E-state index contributed by atoms with van der Waals surface area (Å²) in [6, 6.07) is 8.70. The Morgan fingerprint density at radius 2 is 2.00 bits per heavy atom. The van der Waals surface area contributed by atoms with Crippen LogP contribution in [0.5, 0.6) is 0 Å². The molecule has 0 saturated carbocycles. The number of rotatable bonds is 4. The molecule has 3 N–H and O–H groups in total. The molecule has 6 heteroatoms. The number of amides is 1. The van der Waals surface area contributed by atoms with Crippen molar-refractivity contribution in [3.05, 3.63) is 47.2 Å². The van der Waals surface area contributed by atoms with Crippen LogP contribution in [0.25, 0.3) is 0 Å². The molecule has 3 heterocycles. The van der Waals surface area contributed by atoms with Gasteiger partial charge >= 0.3 is 0 Å². The number of carbonyl (C=O) groups excluding carboxylic acids is 1. The minimum Gasteiger partial charge on any atom is -0.365 e. The second-order valence-corrected chi connectivity index (χ2v) is 7.57. The van der Waals surface area contributed by atoms with Crippen LogP contribution in [-0.4, -0.2) is 53.4 Å². The summed E-state index contributed by atoms with van der Waals surface area (Å²) in [6.07, 6.45) is 8.09. The predicted molar refractivity (Wildman–Crippen MR) is 107 cm³/mol. The first-order valence-electron chi connectivity index (χ1n) is 10.0. The van der Waals surface area contributed by atoms with E-state index in [1.54, 1.807) is 6.21 Å². The molecule has 3 aliphatic rings. The van der Waals surface area contributed by atoms with Gasteiger partial charge in [-0.2, -0.15) is 0 Å². The van der Waals surface area contributed by atoms with Crippen molar-refractivity contribution in [3.63, 3.8) is 0 Å². The first-order chi connectivity index (χ1) is 13.2. The molecular formula is C21H29N5O. The van der Waals surface area contributed by atoms with Crippen molar-refractivity contribution < 1.29 is 4.79 Å². The van der Waals surface area contributed by atoms with Gasteiger partial charge in [0.1, 0.15) is 0 Å². The Hall–Kier alpha value is -2.18. The van der Waals surface area contributed by atoms with E-state index in [1.165, 1.54) is 17.5 Å². The fourth-order valence-electron chi connectivity index (χ4n) is 4.74. The lowest BCUT2D eigenvalue weighted by Crippen LogP contribution is -2.69. The first kappa shape index (κ1) is 18.2. The molecule has 1 fully saturated rings. The number of piperidine rings is 1. The molecule has 0 aliphatic carbocycles. The summed E-state index contributed by atoms with van der Waals surface area (Å²) in [5, 5.41) is 3.65. The van der Waals surface area contributed by atoms with Gasteiger partial charge in [0.2, 0.25) is 0 Å². The normalized spacial score (nSPS) is 28.6. The Balaban J connectivity index is 1.67.